The number of pyridine rings is 1. The van der Waals surface area contributed by atoms with E-state index >= 15 is 0 Å². The van der Waals surface area contributed by atoms with Crippen molar-refractivity contribution in [2.45, 2.75) is 12.3 Å². The topological polar surface area (TPSA) is 42.0 Å². The number of nitrogens with one attached hydrogen (secondary N) is 1. The third-order valence-electron chi connectivity index (χ3n) is 3.94. The van der Waals surface area contributed by atoms with Crippen molar-refractivity contribution in [2.75, 3.05) is 5.32 Å². The van der Waals surface area contributed by atoms with Crippen molar-refractivity contribution >= 4 is 23.2 Å². The number of nitrogens with zero attached hydrogens (tertiary/aromatic N) is 1. The van der Waals surface area contributed by atoms with Crippen LogP contribution in [0.3, 0.4) is 0 Å². The van der Waals surface area contributed by atoms with Crippen molar-refractivity contribution in [1.29, 1.82) is 0 Å². The Bertz CT molecular complexity index is 881. The lowest BCUT2D eigenvalue weighted by atomic mass is 9.93. The fourth-order valence-electron chi connectivity index (χ4n) is 2.61. The molecule has 0 radical (unpaired) electrons. The zero-order valence-corrected chi connectivity index (χ0v) is 14.4. The molecule has 0 aliphatic heterocycles. The Morgan fingerprint density at radius 3 is 2.31 bits per heavy atom. The van der Waals surface area contributed by atoms with Gasteiger partial charge in [-0.15, -0.1) is 0 Å². The summed E-state index contributed by atoms with van der Waals surface area (Å²) in [4.78, 5) is 17.0. The molecule has 26 heavy (non-hydrogen) atoms. The standard InChI is InChI=1S/C20H15ClF2N2O/c21-14-9-7-13(8-10-14)16(12-15-4-1-2-11-24-15)20(26)25-19-17(22)5-3-6-18(19)23/h1-11,16H,12H2,(H,25,26). The highest BCUT2D eigenvalue weighted by atomic mass is 35.5. The number of carbonyl (C=O) groups excluding carboxylic acids is 1. The SMILES string of the molecule is O=C(Nc1c(F)cccc1F)C(Cc1ccccn1)c1ccc(Cl)cc1. The van der Waals surface area contributed by atoms with Gasteiger partial charge >= 0.3 is 0 Å². The largest absolute Gasteiger partial charge is 0.321 e. The molecule has 1 atom stereocenters. The number of para-hydroxylation sites is 1. The Labute approximate surface area is 154 Å². The van der Waals surface area contributed by atoms with Crippen LogP contribution >= 0.6 is 11.6 Å². The molecule has 0 saturated carbocycles. The monoisotopic (exact) mass is 372 g/mol. The molecular weight excluding hydrogens is 358 g/mol. The normalized spacial score (nSPS) is 11.8. The maximum absolute atomic E-state index is 13.9. The molecule has 3 rings (SSSR count). The van der Waals surface area contributed by atoms with E-state index in [9.17, 15) is 13.6 Å². The summed E-state index contributed by atoms with van der Waals surface area (Å²) in [5.74, 6) is -2.86. The minimum absolute atomic E-state index is 0.282. The molecule has 1 N–H and O–H groups in total. The molecule has 1 aromatic heterocycles. The highest BCUT2D eigenvalue weighted by molar-refractivity contribution is 6.30. The van der Waals surface area contributed by atoms with E-state index in [4.69, 9.17) is 11.6 Å². The Morgan fingerprint density at radius 1 is 1.00 bits per heavy atom. The van der Waals surface area contributed by atoms with Gasteiger partial charge in [0.05, 0.1) is 5.92 Å². The van der Waals surface area contributed by atoms with Gasteiger partial charge < -0.3 is 5.32 Å². The second kappa shape index (κ2) is 8.06. The van der Waals surface area contributed by atoms with Gasteiger partial charge in [-0.3, -0.25) is 9.78 Å². The molecule has 1 heterocycles. The van der Waals surface area contributed by atoms with E-state index in [1.165, 1.54) is 6.07 Å². The van der Waals surface area contributed by atoms with Gasteiger partial charge in [-0.1, -0.05) is 35.9 Å². The minimum atomic E-state index is -0.828. The lowest BCUT2D eigenvalue weighted by molar-refractivity contribution is -0.117. The second-order valence-corrected chi connectivity index (χ2v) is 6.15. The summed E-state index contributed by atoms with van der Waals surface area (Å²) >= 11 is 5.92. The van der Waals surface area contributed by atoms with Crippen LogP contribution in [-0.4, -0.2) is 10.9 Å². The van der Waals surface area contributed by atoms with Gasteiger partial charge in [-0.2, -0.15) is 0 Å². The number of halogens is 3. The summed E-state index contributed by atoms with van der Waals surface area (Å²) in [5, 5.41) is 2.90. The Morgan fingerprint density at radius 2 is 1.69 bits per heavy atom. The maximum atomic E-state index is 13.9. The van der Waals surface area contributed by atoms with Crippen molar-refractivity contribution in [3.63, 3.8) is 0 Å². The highest BCUT2D eigenvalue weighted by Gasteiger charge is 2.24. The number of anilines is 1. The first-order valence-electron chi connectivity index (χ1n) is 7.95. The van der Waals surface area contributed by atoms with E-state index < -0.39 is 29.1 Å². The smallest absolute Gasteiger partial charge is 0.232 e. The Hall–Kier alpha value is -2.79. The van der Waals surface area contributed by atoms with Crippen molar-refractivity contribution in [3.8, 4) is 0 Å². The molecule has 1 amide bonds. The van der Waals surface area contributed by atoms with Gasteiger partial charge in [-0.05, 0) is 42.0 Å². The van der Waals surface area contributed by atoms with Gasteiger partial charge in [0.25, 0.3) is 0 Å². The summed E-state index contributed by atoms with van der Waals surface area (Å²) in [5.41, 5.74) is 0.906. The molecule has 0 fully saturated rings. The maximum Gasteiger partial charge on any atom is 0.232 e. The van der Waals surface area contributed by atoms with E-state index in [2.05, 4.69) is 10.3 Å². The Balaban J connectivity index is 1.91. The second-order valence-electron chi connectivity index (χ2n) is 5.72. The molecule has 132 valence electrons. The van der Waals surface area contributed by atoms with Crippen LogP contribution in [0.4, 0.5) is 14.5 Å². The molecule has 0 saturated heterocycles. The predicted molar refractivity (Wildman–Crippen MR) is 97.1 cm³/mol. The summed E-state index contributed by atoms with van der Waals surface area (Å²) < 4.78 is 27.7. The van der Waals surface area contributed by atoms with E-state index in [0.717, 1.165) is 12.1 Å². The van der Waals surface area contributed by atoms with Crippen LogP contribution in [0.2, 0.25) is 5.02 Å². The van der Waals surface area contributed by atoms with Crippen molar-refractivity contribution < 1.29 is 13.6 Å². The van der Waals surface area contributed by atoms with Crippen LogP contribution < -0.4 is 5.32 Å². The summed E-state index contributed by atoms with van der Waals surface area (Å²) in [7, 11) is 0. The molecule has 0 aliphatic carbocycles. The number of rotatable bonds is 5. The van der Waals surface area contributed by atoms with Crippen LogP contribution in [0.5, 0.6) is 0 Å². The van der Waals surface area contributed by atoms with Gasteiger partial charge in [0.1, 0.15) is 17.3 Å². The van der Waals surface area contributed by atoms with Gasteiger partial charge in [0.2, 0.25) is 5.91 Å². The molecular formula is C20H15ClF2N2O. The number of aromatic nitrogens is 1. The van der Waals surface area contributed by atoms with Crippen LogP contribution in [0.15, 0.2) is 66.9 Å². The Kier molecular flexibility index (Phi) is 5.58. The third kappa shape index (κ3) is 4.24. The summed E-state index contributed by atoms with van der Waals surface area (Å²) in [6.45, 7) is 0. The van der Waals surface area contributed by atoms with Gasteiger partial charge in [0.15, 0.2) is 0 Å². The summed E-state index contributed by atoms with van der Waals surface area (Å²) in [6.07, 6.45) is 1.91. The van der Waals surface area contributed by atoms with Crippen LogP contribution in [0, 0.1) is 11.6 Å². The van der Waals surface area contributed by atoms with Gasteiger partial charge in [0, 0.05) is 23.3 Å². The van der Waals surface area contributed by atoms with Crippen LogP contribution in [-0.2, 0) is 11.2 Å². The fourth-order valence-corrected chi connectivity index (χ4v) is 2.74. The number of hydrogen-bond donors (Lipinski definition) is 1. The number of hydrogen-bond acceptors (Lipinski definition) is 2. The molecule has 3 aromatic rings. The van der Waals surface area contributed by atoms with Crippen LogP contribution in [0.25, 0.3) is 0 Å². The summed E-state index contributed by atoms with van der Waals surface area (Å²) in [6, 6.07) is 15.6. The van der Waals surface area contributed by atoms with E-state index in [0.29, 0.717) is 16.3 Å². The lowest BCUT2D eigenvalue weighted by Gasteiger charge is -2.18. The fraction of sp³-hybridized carbons (Fsp3) is 0.100. The average Bonchev–Trinajstić information content (AvgIpc) is 2.64. The van der Waals surface area contributed by atoms with E-state index in [-0.39, 0.29) is 6.42 Å². The number of amides is 1. The number of benzene rings is 2. The average molecular weight is 373 g/mol. The zero-order valence-electron chi connectivity index (χ0n) is 13.6. The molecule has 1 unspecified atom stereocenters. The molecule has 6 heteroatoms. The van der Waals surface area contributed by atoms with Crippen molar-refractivity contribution in [2.24, 2.45) is 0 Å². The van der Waals surface area contributed by atoms with Gasteiger partial charge in [-0.25, -0.2) is 8.78 Å². The molecule has 0 bridgehead atoms. The van der Waals surface area contributed by atoms with E-state index in [1.807, 2.05) is 6.07 Å². The molecule has 2 aromatic carbocycles. The minimum Gasteiger partial charge on any atom is -0.321 e. The lowest BCUT2D eigenvalue weighted by Crippen LogP contribution is -2.24. The quantitative estimate of drug-likeness (QED) is 0.686. The first-order valence-corrected chi connectivity index (χ1v) is 8.32. The molecule has 0 aliphatic rings. The highest BCUT2D eigenvalue weighted by Crippen LogP contribution is 2.26. The number of carbonyl (C=O) groups is 1. The first kappa shape index (κ1) is 18.0. The van der Waals surface area contributed by atoms with Crippen molar-refractivity contribution in [1.82, 2.24) is 4.98 Å². The first-order chi connectivity index (χ1) is 12.5. The molecule has 0 spiro atoms. The third-order valence-corrected chi connectivity index (χ3v) is 4.19. The van der Waals surface area contributed by atoms with Crippen molar-refractivity contribution in [3.05, 3.63) is 94.8 Å². The predicted octanol–water partition coefficient (Wildman–Crippen LogP) is 4.98. The molecule has 3 nitrogen and oxygen atoms in total. The zero-order chi connectivity index (χ0) is 18.5. The van der Waals surface area contributed by atoms with Crippen LogP contribution in [0.1, 0.15) is 17.2 Å². The van der Waals surface area contributed by atoms with E-state index in [1.54, 1.807) is 42.6 Å².